The maximum Gasteiger partial charge on any atom is 0.223 e. The molecule has 0 aliphatic heterocycles. The lowest BCUT2D eigenvalue weighted by Crippen LogP contribution is -2.05. The summed E-state index contributed by atoms with van der Waals surface area (Å²) in [6, 6.07) is 0. The molecule has 0 radical (unpaired) electrons. The second-order valence-electron chi connectivity index (χ2n) is 4.01. The van der Waals surface area contributed by atoms with Crippen molar-refractivity contribution in [3.63, 3.8) is 0 Å². The summed E-state index contributed by atoms with van der Waals surface area (Å²) >= 11 is 0. The van der Waals surface area contributed by atoms with Gasteiger partial charge >= 0.3 is 0 Å². The predicted octanol–water partition coefficient (Wildman–Crippen LogP) is 2.87. The molecule has 0 aliphatic carbocycles. The summed E-state index contributed by atoms with van der Waals surface area (Å²) in [4.78, 5) is 8.14. The van der Waals surface area contributed by atoms with Crippen LogP contribution in [-0.4, -0.2) is 21.6 Å². The third kappa shape index (κ3) is 4.47. The highest BCUT2D eigenvalue weighted by molar-refractivity contribution is 5.31. The highest BCUT2D eigenvalue weighted by Crippen LogP contribution is 2.12. The molecule has 1 aromatic rings. The first-order valence-electron chi connectivity index (χ1n) is 6.00. The molecule has 0 aromatic carbocycles. The zero-order valence-corrected chi connectivity index (χ0v) is 10.2. The van der Waals surface area contributed by atoms with Gasteiger partial charge in [0.2, 0.25) is 5.95 Å². The van der Waals surface area contributed by atoms with Gasteiger partial charge in [0, 0.05) is 6.54 Å². The van der Waals surface area contributed by atoms with Gasteiger partial charge in [0.05, 0.1) is 11.9 Å². The summed E-state index contributed by atoms with van der Waals surface area (Å²) in [6.45, 7) is 4.88. The Morgan fingerprint density at radius 1 is 1.25 bits per heavy atom. The minimum absolute atomic E-state index is 0.147. The first-order chi connectivity index (χ1) is 7.74. The molecule has 0 spiro atoms. The van der Waals surface area contributed by atoms with Crippen LogP contribution in [0.15, 0.2) is 6.20 Å². The minimum atomic E-state index is 0.147. The molecule has 0 saturated carbocycles. The Morgan fingerprint density at radius 2 is 2.00 bits per heavy atom. The Labute approximate surface area is 97.1 Å². The van der Waals surface area contributed by atoms with E-state index in [2.05, 4.69) is 22.2 Å². The molecular weight excluding hydrogens is 202 g/mol. The minimum Gasteiger partial charge on any atom is -0.504 e. The number of unbranched alkanes of at least 4 members (excludes halogenated alkanes) is 4. The van der Waals surface area contributed by atoms with Crippen molar-refractivity contribution in [2.45, 2.75) is 46.0 Å². The molecule has 0 amide bonds. The van der Waals surface area contributed by atoms with E-state index in [0.29, 0.717) is 11.6 Å². The molecule has 4 nitrogen and oxygen atoms in total. The maximum atomic E-state index is 9.26. The summed E-state index contributed by atoms with van der Waals surface area (Å²) in [5.41, 5.74) is 0.614. The number of hydrogen-bond acceptors (Lipinski definition) is 4. The summed E-state index contributed by atoms with van der Waals surface area (Å²) in [5, 5.41) is 12.4. The number of rotatable bonds is 7. The number of aromatic nitrogens is 2. The van der Waals surface area contributed by atoms with Crippen LogP contribution < -0.4 is 5.32 Å². The van der Waals surface area contributed by atoms with Gasteiger partial charge in [-0.15, -0.1) is 0 Å². The van der Waals surface area contributed by atoms with Crippen LogP contribution in [-0.2, 0) is 0 Å². The van der Waals surface area contributed by atoms with Crippen molar-refractivity contribution in [2.75, 3.05) is 11.9 Å². The number of aromatic hydroxyl groups is 1. The number of nitrogens with zero attached hydrogens (tertiary/aromatic N) is 2. The van der Waals surface area contributed by atoms with Crippen LogP contribution in [0.2, 0.25) is 0 Å². The Kier molecular flexibility index (Phi) is 5.61. The molecule has 0 bridgehead atoms. The van der Waals surface area contributed by atoms with Crippen LogP contribution in [0.5, 0.6) is 5.75 Å². The molecule has 90 valence electrons. The zero-order valence-electron chi connectivity index (χ0n) is 10.2. The fraction of sp³-hybridized carbons (Fsp3) is 0.667. The quantitative estimate of drug-likeness (QED) is 0.698. The van der Waals surface area contributed by atoms with Crippen molar-refractivity contribution in [3.8, 4) is 5.75 Å². The van der Waals surface area contributed by atoms with Crippen LogP contribution in [0.1, 0.15) is 44.7 Å². The van der Waals surface area contributed by atoms with Gasteiger partial charge in [0.1, 0.15) is 0 Å². The number of aryl methyl sites for hydroxylation is 1. The molecule has 0 aliphatic rings. The Morgan fingerprint density at radius 3 is 2.69 bits per heavy atom. The lowest BCUT2D eigenvalue weighted by molar-refractivity contribution is 0.464. The van der Waals surface area contributed by atoms with Gasteiger partial charge in [-0.1, -0.05) is 32.6 Å². The molecule has 0 saturated heterocycles. The van der Waals surface area contributed by atoms with E-state index in [1.807, 2.05) is 0 Å². The maximum absolute atomic E-state index is 9.26. The van der Waals surface area contributed by atoms with Crippen LogP contribution in [0, 0.1) is 6.92 Å². The van der Waals surface area contributed by atoms with E-state index in [1.165, 1.54) is 31.9 Å². The molecule has 4 heteroatoms. The van der Waals surface area contributed by atoms with Gasteiger partial charge in [-0.2, -0.15) is 0 Å². The van der Waals surface area contributed by atoms with Crippen LogP contribution in [0.25, 0.3) is 0 Å². The standard InChI is InChI=1S/C12H21N3O/c1-3-4-5-6-7-8-13-12-14-9-11(16)10(2)15-12/h9,16H,3-8H2,1-2H3,(H,13,14,15). The number of hydrogen-bond donors (Lipinski definition) is 2. The highest BCUT2D eigenvalue weighted by atomic mass is 16.3. The second kappa shape index (κ2) is 7.04. The third-order valence-corrected chi connectivity index (χ3v) is 2.52. The topological polar surface area (TPSA) is 58.0 Å². The lowest BCUT2D eigenvalue weighted by Gasteiger charge is -2.05. The molecule has 16 heavy (non-hydrogen) atoms. The van der Waals surface area contributed by atoms with E-state index in [0.717, 1.165) is 13.0 Å². The van der Waals surface area contributed by atoms with Crippen molar-refractivity contribution in [3.05, 3.63) is 11.9 Å². The molecule has 1 rings (SSSR count). The van der Waals surface area contributed by atoms with Gasteiger partial charge < -0.3 is 10.4 Å². The van der Waals surface area contributed by atoms with E-state index in [1.54, 1.807) is 6.92 Å². The van der Waals surface area contributed by atoms with Crippen molar-refractivity contribution >= 4 is 5.95 Å². The number of nitrogens with one attached hydrogen (secondary N) is 1. The average molecular weight is 223 g/mol. The van der Waals surface area contributed by atoms with Crippen molar-refractivity contribution in [2.24, 2.45) is 0 Å². The molecule has 2 N–H and O–H groups in total. The predicted molar refractivity (Wildman–Crippen MR) is 65.7 cm³/mol. The van der Waals surface area contributed by atoms with E-state index >= 15 is 0 Å². The van der Waals surface area contributed by atoms with Gasteiger partial charge in [-0.05, 0) is 13.3 Å². The van der Waals surface area contributed by atoms with Crippen LogP contribution in [0.4, 0.5) is 5.95 Å². The van der Waals surface area contributed by atoms with E-state index in [9.17, 15) is 5.11 Å². The SMILES string of the molecule is CCCCCCCNc1ncc(O)c(C)n1. The largest absolute Gasteiger partial charge is 0.504 e. The highest BCUT2D eigenvalue weighted by Gasteiger charge is 2.00. The molecule has 0 fully saturated rings. The fourth-order valence-electron chi connectivity index (χ4n) is 1.47. The second-order valence-corrected chi connectivity index (χ2v) is 4.01. The Bertz CT molecular complexity index is 315. The van der Waals surface area contributed by atoms with E-state index in [4.69, 9.17) is 0 Å². The van der Waals surface area contributed by atoms with Crippen LogP contribution in [0.3, 0.4) is 0 Å². The lowest BCUT2D eigenvalue weighted by atomic mass is 10.1. The molecular formula is C12H21N3O. The smallest absolute Gasteiger partial charge is 0.223 e. The van der Waals surface area contributed by atoms with Gasteiger partial charge in [0.25, 0.3) is 0 Å². The van der Waals surface area contributed by atoms with Crippen LogP contribution >= 0.6 is 0 Å². The summed E-state index contributed by atoms with van der Waals surface area (Å²) in [5.74, 6) is 0.749. The zero-order chi connectivity index (χ0) is 11.8. The molecule has 1 heterocycles. The normalized spacial score (nSPS) is 10.4. The Hall–Kier alpha value is -1.32. The molecule has 1 aromatic heterocycles. The first kappa shape index (κ1) is 12.7. The average Bonchev–Trinajstić information content (AvgIpc) is 2.28. The third-order valence-electron chi connectivity index (χ3n) is 2.52. The Balaban J connectivity index is 2.19. The van der Waals surface area contributed by atoms with E-state index in [-0.39, 0.29) is 5.75 Å². The van der Waals surface area contributed by atoms with Crippen molar-refractivity contribution < 1.29 is 5.11 Å². The summed E-state index contributed by atoms with van der Waals surface area (Å²) in [7, 11) is 0. The van der Waals surface area contributed by atoms with E-state index < -0.39 is 0 Å². The molecule has 0 unspecified atom stereocenters. The van der Waals surface area contributed by atoms with Crippen molar-refractivity contribution in [1.82, 2.24) is 9.97 Å². The van der Waals surface area contributed by atoms with Gasteiger partial charge in [-0.3, -0.25) is 0 Å². The van der Waals surface area contributed by atoms with Crippen molar-refractivity contribution in [1.29, 1.82) is 0 Å². The van der Waals surface area contributed by atoms with Gasteiger partial charge in [-0.25, -0.2) is 9.97 Å². The summed E-state index contributed by atoms with van der Waals surface area (Å²) in [6.07, 6.45) is 7.71. The van der Waals surface area contributed by atoms with Gasteiger partial charge in [0.15, 0.2) is 5.75 Å². The fourth-order valence-corrected chi connectivity index (χ4v) is 1.47. The first-order valence-corrected chi connectivity index (χ1v) is 6.00. The number of anilines is 1. The monoisotopic (exact) mass is 223 g/mol. The molecule has 0 atom stereocenters. The summed E-state index contributed by atoms with van der Waals surface area (Å²) < 4.78 is 0.